The number of benzene rings is 2. The van der Waals surface area contributed by atoms with Crippen LogP contribution in [0.2, 0.25) is 0 Å². The standard InChI is InChI=1S/C19H18BrNO4/c1-2-24-19(23)12-5-14-3-8-16(9-4-14)21-18(22)13-25-17-10-6-15(20)7-11-17/h3-12H,2,13H2,1H3,(H,21,22)/b12-5+. The molecule has 130 valence electrons. The molecule has 0 aliphatic heterocycles. The van der Waals surface area contributed by atoms with Gasteiger partial charge in [0.1, 0.15) is 5.75 Å². The van der Waals surface area contributed by atoms with Gasteiger partial charge in [0.25, 0.3) is 5.91 Å². The molecular formula is C19H18BrNO4. The lowest BCUT2D eigenvalue weighted by atomic mass is 10.2. The average Bonchev–Trinajstić information content (AvgIpc) is 2.61. The summed E-state index contributed by atoms with van der Waals surface area (Å²) in [5, 5.41) is 2.75. The summed E-state index contributed by atoms with van der Waals surface area (Å²) in [6, 6.07) is 14.3. The Kier molecular flexibility index (Phi) is 7.22. The van der Waals surface area contributed by atoms with E-state index < -0.39 is 0 Å². The van der Waals surface area contributed by atoms with Gasteiger partial charge in [-0.15, -0.1) is 0 Å². The quantitative estimate of drug-likeness (QED) is 0.559. The van der Waals surface area contributed by atoms with E-state index >= 15 is 0 Å². The van der Waals surface area contributed by atoms with E-state index in [2.05, 4.69) is 21.2 Å². The summed E-state index contributed by atoms with van der Waals surface area (Å²) in [4.78, 5) is 23.2. The van der Waals surface area contributed by atoms with Crippen LogP contribution in [-0.4, -0.2) is 25.1 Å². The van der Waals surface area contributed by atoms with Gasteiger partial charge in [0, 0.05) is 16.2 Å². The summed E-state index contributed by atoms with van der Waals surface area (Å²) in [5.74, 6) is -0.0134. The Morgan fingerprint density at radius 1 is 1.08 bits per heavy atom. The molecule has 0 saturated heterocycles. The third-order valence-corrected chi connectivity index (χ3v) is 3.61. The summed E-state index contributed by atoms with van der Waals surface area (Å²) in [6.45, 7) is 2.02. The normalized spacial score (nSPS) is 10.5. The van der Waals surface area contributed by atoms with E-state index in [1.807, 2.05) is 12.1 Å². The van der Waals surface area contributed by atoms with Crippen LogP contribution < -0.4 is 10.1 Å². The maximum atomic E-state index is 11.9. The van der Waals surface area contributed by atoms with Crippen molar-refractivity contribution >= 4 is 39.6 Å². The van der Waals surface area contributed by atoms with Gasteiger partial charge in [0.05, 0.1) is 6.61 Å². The Morgan fingerprint density at radius 3 is 2.40 bits per heavy atom. The summed E-state index contributed by atoms with van der Waals surface area (Å²) < 4.78 is 11.2. The monoisotopic (exact) mass is 403 g/mol. The van der Waals surface area contributed by atoms with Gasteiger partial charge >= 0.3 is 5.97 Å². The van der Waals surface area contributed by atoms with Gasteiger partial charge in [0.2, 0.25) is 0 Å². The fourth-order valence-corrected chi connectivity index (χ4v) is 2.17. The first-order valence-corrected chi connectivity index (χ1v) is 8.49. The number of ether oxygens (including phenoxy) is 2. The average molecular weight is 404 g/mol. The molecule has 0 spiro atoms. The minimum atomic E-state index is -0.384. The molecule has 1 amide bonds. The van der Waals surface area contributed by atoms with Crippen LogP contribution in [0.15, 0.2) is 59.1 Å². The Labute approximate surface area is 154 Å². The number of nitrogens with one attached hydrogen (secondary N) is 1. The molecule has 0 fully saturated rings. The van der Waals surface area contributed by atoms with Crippen molar-refractivity contribution in [1.29, 1.82) is 0 Å². The fraction of sp³-hybridized carbons (Fsp3) is 0.158. The van der Waals surface area contributed by atoms with E-state index in [0.717, 1.165) is 10.0 Å². The van der Waals surface area contributed by atoms with E-state index in [4.69, 9.17) is 9.47 Å². The Balaban J connectivity index is 1.82. The van der Waals surface area contributed by atoms with E-state index in [9.17, 15) is 9.59 Å². The molecule has 0 aliphatic rings. The first-order valence-electron chi connectivity index (χ1n) is 7.70. The summed E-state index contributed by atoms with van der Waals surface area (Å²) >= 11 is 3.34. The highest BCUT2D eigenvalue weighted by Crippen LogP contribution is 2.16. The van der Waals surface area contributed by atoms with Gasteiger partial charge in [0.15, 0.2) is 6.61 Å². The SMILES string of the molecule is CCOC(=O)/C=C/c1ccc(NC(=O)COc2ccc(Br)cc2)cc1. The number of carbonyl (C=O) groups excluding carboxylic acids is 2. The molecule has 2 rings (SSSR count). The molecule has 0 unspecified atom stereocenters. The third kappa shape index (κ3) is 6.81. The zero-order valence-corrected chi connectivity index (χ0v) is 15.3. The van der Waals surface area contributed by atoms with Gasteiger partial charge in [-0.05, 0) is 55.0 Å². The van der Waals surface area contributed by atoms with Crippen molar-refractivity contribution in [3.05, 3.63) is 64.6 Å². The first kappa shape index (κ1) is 18.7. The summed E-state index contributed by atoms with van der Waals surface area (Å²) in [7, 11) is 0. The number of carbonyl (C=O) groups is 2. The lowest BCUT2D eigenvalue weighted by Crippen LogP contribution is -2.20. The molecule has 1 N–H and O–H groups in total. The van der Waals surface area contributed by atoms with Crippen molar-refractivity contribution in [1.82, 2.24) is 0 Å². The Morgan fingerprint density at radius 2 is 1.76 bits per heavy atom. The van der Waals surface area contributed by atoms with Gasteiger partial charge < -0.3 is 14.8 Å². The van der Waals surface area contributed by atoms with Crippen LogP contribution in [-0.2, 0) is 14.3 Å². The van der Waals surface area contributed by atoms with E-state index in [1.54, 1.807) is 49.4 Å². The molecule has 2 aromatic carbocycles. The smallest absolute Gasteiger partial charge is 0.330 e. The number of rotatable bonds is 7. The largest absolute Gasteiger partial charge is 0.484 e. The molecule has 0 bridgehead atoms. The fourth-order valence-electron chi connectivity index (χ4n) is 1.91. The Bertz CT molecular complexity index is 739. The van der Waals surface area contributed by atoms with Crippen LogP contribution in [0, 0.1) is 0 Å². The number of halogens is 1. The van der Waals surface area contributed by atoms with Crippen LogP contribution in [0.3, 0.4) is 0 Å². The van der Waals surface area contributed by atoms with Crippen LogP contribution in [0.4, 0.5) is 5.69 Å². The van der Waals surface area contributed by atoms with Gasteiger partial charge in [-0.1, -0.05) is 28.1 Å². The van der Waals surface area contributed by atoms with Crippen molar-refractivity contribution in [2.24, 2.45) is 0 Å². The van der Waals surface area contributed by atoms with Crippen LogP contribution in [0.5, 0.6) is 5.75 Å². The summed E-state index contributed by atoms with van der Waals surface area (Å²) in [5.41, 5.74) is 1.48. The third-order valence-electron chi connectivity index (χ3n) is 3.08. The molecule has 0 radical (unpaired) electrons. The first-order chi connectivity index (χ1) is 12.1. The molecule has 0 saturated carbocycles. The summed E-state index contributed by atoms with van der Waals surface area (Å²) in [6.07, 6.45) is 3.02. The molecule has 6 heteroatoms. The molecule has 25 heavy (non-hydrogen) atoms. The second-order valence-corrected chi connectivity index (χ2v) is 5.91. The molecule has 0 aliphatic carbocycles. The molecule has 0 aromatic heterocycles. The topological polar surface area (TPSA) is 64.6 Å². The highest BCUT2D eigenvalue weighted by Gasteiger charge is 2.04. The van der Waals surface area contributed by atoms with E-state index in [1.165, 1.54) is 6.08 Å². The predicted molar refractivity (Wildman–Crippen MR) is 100 cm³/mol. The number of hydrogen-bond donors (Lipinski definition) is 1. The predicted octanol–water partition coefficient (Wildman–Crippen LogP) is 4.04. The maximum absolute atomic E-state index is 11.9. The van der Waals surface area contributed by atoms with Crippen molar-refractivity contribution in [3.63, 3.8) is 0 Å². The Hall–Kier alpha value is -2.60. The second-order valence-electron chi connectivity index (χ2n) is 5.00. The molecule has 0 heterocycles. The molecule has 5 nitrogen and oxygen atoms in total. The highest BCUT2D eigenvalue weighted by molar-refractivity contribution is 9.10. The van der Waals surface area contributed by atoms with Crippen molar-refractivity contribution < 1.29 is 19.1 Å². The van der Waals surface area contributed by atoms with Crippen molar-refractivity contribution in [2.45, 2.75) is 6.92 Å². The van der Waals surface area contributed by atoms with Crippen LogP contribution in [0.25, 0.3) is 6.08 Å². The van der Waals surface area contributed by atoms with Crippen LogP contribution >= 0.6 is 15.9 Å². The van der Waals surface area contributed by atoms with Crippen molar-refractivity contribution in [2.75, 3.05) is 18.5 Å². The molecule has 2 aromatic rings. The van der Waals surface area contributed by atoms with Crippen LogP contribution in [0.1, 0.15) is 12.5 Å². The zero-order chi connectivity index (χ0) is 18.1. The number of anilines is 1. The minimum absolute atomic E-state index is 0.0772. The van der Waals surface area contributed by atoms with Crippen molar-refractivity contribution in [3.8, 4) is 5.75 Å². The van der Waals surface area contributed by atoms with E-state index in [0.29, 0.717) is 18.0 Å². The van der Waals surface area contributed by atoms with Gasteiger partial charge in [-0.25, -0.2) is 4.79 Å². The maximum Gasteiger partial charge on any atom is 0.330 e. The van der Waals surface area contributed by atoms with Gasteiger partial charge in [-0.2, -0.15) is 0 Å². The minimum Gasteiger partial charge on any atom is -0.484 e. The lowest BCUT2D eigenvalue weighted by Gasteiger charge is -2.08. The number of amides is 1. The molecule has 0 atom stereocenters. The lowest BCUT2D eigenvalue weighted by molar-refractivity contribution is -0.137. The number of hydrogen-bond acceptors (Lipinski definition) is 4. The second kappa shape index (κ2) is 9.64. The molecular weight excluding hydrogens is 386 g/mol. The zero-order valence-electron chi connectivity index (χ0n) is 13.7. The van der Waals surface area contributed by atoms with E-state index in [-0.39, 0.29) is 18.5 Å². The number of esters is 1. The highest BCUT2D eigenvalue weighted by atomic mass is 79.9. The van der Waals surface area contributed by atoms with Gasteiger partial charge in [-0.3, -0.25) is 4.79 Å².